The van der Waals surface area contributed by atoms with E-state index in [4.69, 9.17) is 27.9 Å². The van der Waals surface area contributed by atoms with E-state index >= 15 is 0 Å². The predicted octanol–water partition coefficient (Wildman–Crippen LogP) is 4.62. The van der Waals surface area contributed by atoms with Crippen LogP contribution < -0.4 is 0 Å². The van der Waals surface area contributed by atoms with Crippen LogP contribution in [0.1, 0.15) is 25.1 Å². The van der Waals surface area contributed by atoms with Crippen LogP contribution in [-0.2, 0) is 10.3 Å². The molecule has 1 aromatic heterocycles. The minimum Gasteiger partial charge on any atom is -0.370 e. The summed E-state index contributed by atoms with van der Waals surface area (Å²) in [5.41, 5.74) is 0.708. The van der Waals surface area contributed by atoms with Gasteiger partial charge in [0.1, 0.15) is 21.7 Å². The summed E-state index contributed by atoms with van der Waals surface area (Å²) in [6, 6.07) is 5.89. The van der Waals surface area contributed by atoms with Crippen molar-refractivity contribution < 1.29 is 9.13 Å². The van der Waals surface area contributed by atoms with Crippen molar-refractivity contribution in [2.45, 2.75) is 24.9 Å². The molecule has 0 spiro atoms. The highest BCUT2D eigenvalue weighted by molar-refractivity contribution is 6.37. The number of benzene rings is 1. The van der Waals surface area contributed by atoms with Gasteiger partial charge in [0.25, 0.3) is 0 Å². The molecule has 2 aromatic rings. The Labute approximate surface area is 132 Å². The van der Waals surface area contributed by atoms with Gasteiger partial charge in [-0.1, -0.05) is 35.3 Å². The van der Waals surface area contributed by atoms with E-state index in [1.54, 1.807) is 19.2 Å². The summed E-state index contributed by atoms with van der Waals surface area (Å²) in [6.45, 7) is 0. The molecule has 3 rings (SSSR count). The molecule has 0 atom stereocenters. The van der Waals surface area contributed by atoms with Crippen LogP contribution in [0.3, 0.4) is 0 Å². The maximum atomic E-state index is 13.0. The van der Waals surface area contributed by atoms with E-state index in [0.29, 0.717) is 17.0 Å². The molecule has 1 heterocycles. The van der Waals surface area contributed by atoms with Gasteiger partial charge in [-0.05, 0) is 37.0 Å². The maximum absolute atomic E-state index is 13.0. The lowest BCUT2D eigenvalue weighted by Crippen LogP contribution is -2.38. The summed E-state index contributed by atoms with van der Waals surface area (Å²) in [5, 5.41) is 0.500. The number of halogens is 3. The average Bonchev–Trinajstić information content (AvgIpc) is 2.40. The fraction of sp³-hybridized carbons (Fsp3) is 0.333. The molecular weight excluding hydrogens is 314 g/mol. The Hall–Kier alpha value is -1.23. The van der Waals surface area contributed by atoms with Gasteiger partial charge >= 0.3 is 0 Å². The summed E-state index contributed by atoms with van der Waals surface area (Å²) >= 11 is 12.5. The van der Waals surface area contributed by atoms with Crippen molar-refractivity contribution in [1.82, 2.24) is 9.97 Å². The zero-order chi connectivity index (χ0) is 15.0. The number of nitrogens with zero attached hydrogens (tertiary/aromatic N) is 2. The van der Waals surface area contributed by atoms with E-state index in [2.05, 4.69) is 9.97 Å². The second-order valence-corrected chi connectivity index (χ2v) is 5.78. The molecule has 0 amide bonds. The van der Waals surface area contributed by atoms with Crippen molar-refractivity contribution in [2.24, 2.45) is 0 Å². The van der Waals surface area contributed by atoms with E-state index in [0.717, 1.165) is 19.3 Å². The molecule has 3 nitrogen and oxygen atoms in total. The van der Waals surface area contributed by atoms with Crippen molar-refractivity contribution in [1.29, 1.82) is 0 Å². The zero-order valence-electron chi connectivity index (χ0n) is 11.4. The highest BCUT2D eigenvalue weighted by atomic mass is 35.5. The summed E-state index contributed by atoms with van der Waals surface area (Å²) < 4.78 is 18.5. The topological polar surface area (TPSA) is 35.0 Å². The van der Waals surface area contributed by atoms with Crippen LogP contribution in [0.2, 0.25) is 10.3 Å². The van der Waals surface area contributed by atoms with Gasteiger partial charge in [-0.25, -0.2) is 14.4 Å². The molecule has 1 aromatic carbocycles. The third kappa shape index (κ3) is 2.52. The molecule has 0 saturated heterocycles. The molecule has 110 valence electrons. The lowest BCUT2D eigenvalue weighted by molar-refractivity contribution is -0.0846. The van der Waals surface area contributed by atoms with Crippen LogP contribution in [0.15, 0.2) is 24.3 Å². The van der Waals surface area contributed by atoms with Crippen molar-refractivity contribution in [3.63, 3.8) is 0 Å². The Morgan fingerprint density at radius 2 is 1.67 bits per heavy atom. The van der Waals surface area contributed by atoms with Crippen molar-refractivity contribution in [3.05, 3.63) is 46.2 Å². The summed E-state index contributed by atoms with van der Waals surface area (Å²) in [4.78, 5) is 8.70. The molecule has 1 fully saturated rings. The van der Waals surface area contributed by atoms with E-state index in [-0.39, 0.29) is 16.1 Å². The number of aromatic nitrogens is 2. The SMILES string of the molecule is COC1(c2nc(Cl)c(-c3ccc(F)cc3)c(Cl)n2)CCC1. The predicted molar refractivity (Wildman–Crippen MR) is 80.0 cm³/mol. The van der Waals surface area contributed by atoms with Crippen LogP contribution in [-0.4, -0.2) is 17.1 Å². The van der Waals surface area contributed by atoms with Gasteiger partial charge in [0.15, 0.2) is 5.82 Å². The van der Waals surface area contributed by atoms with Crippen LogP contribution in [0.25, 0.3) is 11.1 Å². The molecule has 0 bridgehead atoms. The molecule has 0 unspecified atom stereocenters. The first-order valence-electron chi connectivity index (χ1n) is 6.60. The number of rotatable bonds is 3. The van der Waals surface area contributed by atoms with E-state index in [1.165, 1.54) is 12.1 Å². The molecule has 0 aliphatic heterocycles. The summed E-state index contributed by atoms with van der Waals surface area (Å²) in [5.74, 6) is 0.188. The van der Waals surface area contributed by atoms with E-state index in [9.17, 15) is 4.39 Å². The molecular formula is C15H13Cl2FN2O. The Balaban J connectivity index is 2.06. The average molecular weight is 327 g/mol. The molecule has 1 aliphatic carbocycles. The van der Waals surface area contributed by atoms with Crippen molar-refractivity contribution in [2.75, 3.05) is 7.11 Å². The monoisotopic (exact) mass is 326 g/mol. The third-order valence-electron chi connectivity index (χ3n) is 3.91. The normalized spacial score (nSPS) is 16.6. The first-order chi connectivity index (χ1) is 10.1. The highest BCUT2D eigenvalue weighted by Gasteiger charge is 2.42. The maximum Gasteiger partial charge on any atom is 0.163 e. The van der Waals surface area contributed by atoms with Gasteiger partial charge in [-0.2, -0.15) is 0 Å². The third-order valence-corrected chi connectivity index (χ3v) is 4.46. The molecule has 21 heavy (non-hydrogen) atoms. The number of ether oxygens (including phenoxy) is 1. The van der Waals surface area contributed by atoms with Gasteiger partial charge in [-0.15, -0.1) is 0 Å². The number of methoxy groups -OCH3 is 1. The molecule has 1 aliphatic rings. The van der Waals surface area contributed by atoms with Crippen LogP contribution in [0, 0.1) is 5.82 Å². The Kier molecular flexibility index (Phi) is 3.86. The minimum atomic E-state index is -0.478. The second kappa shape index (κ2) is 5.52. The fourth-order valence-corrected chi connectivity index (χ4v) is 3.09. The molecule has 0 radical (unpaired) electrons. The summed E-state index contributed by atoms with van der Waals surface area (Å²) in [6.07, 6.45) is 2.77. The second-order valence-electron chi connectivity index (χ2n) is 5.06. The fourth-order valence-electron chi connectivity index (χ4n) is 2.48. The van der Waals surface area contributed by atoms with Crippen molar-refractivity contribution >= 4 is 23.2 Å². The van der Waals surface area contributed by atoms with Crippen LogP contribution in [0.4, 0.5) is 4.39 Å². The molecule has 6 heteroatoms. The minimum absolute atomic E-state index is 0.250. The van der Waals surface area contributed by atoms with Gasteiger partial charge in [0.05, 0.1) is 5.56 Å². The molecule has 0 N–H and O–H groups in total. The van der Waals surface area contributed by atoms with E-state index < -0.39 is 5.60 Å². The zero-order valence-corrected chi connectivity index (χ0v) is 12.9. The van der Waals surface area contributed by atoms with Gasteiger partial charge in [0, 0.05) is 7.11 Å². The lowest BCUT2D eigenvalue weighted by Gasteiger charge is -2.38. The lowest BCUT2D eigenvalue weighted by atomic mass is 9.79. The quantitative estimate of drug-likeness (QED) is 0.772. The molecule has 1 saturated carbocycles. The summed E-state index contributed by atoms with van der Waals surface area (Å²) in [7, 11) is 1.64. The number of hydrogen-bond donors (Lipinski definition) is 0. The van der Waals surface area contributed by atoms with Gasteiger partial charge < -0.3 is 4.74 Å². The Morgan fingerprint density at radius 3 is 2.10 bits per heavy atom. The largest absolute Gasteiger partial charge is 0.370 e. The smallest absolute Gasteiger partial charge is 0.163 e. The first kappa shape index (κ1) is 14.7. The van der Waals surface area contributed by atoms with Gasteiger partial charge in [0.2, 0.25) is 0 Å². The standard InChI is InChI=1S/C15H13Cl2FN2O/c1-21-15(7-2-8-15)14-19-12(16)11(13(17)20-14)9-3-5-10(18)6-4-9/h3-6H,2,7-8H2,1H3. The van der Waals surface area contributed by atoms with Gasteiger partial charge in [-0.3, -0.25) is 0 Å². The van der Waals surface area contributed by atoms with Crippen LogP contribution in [0.5, 0.6) is 0 Å². The van der Waals surface area contributed by atoms with Crippen molar-refractivity contribution in [3.8, 4) is 11.1 Å². The highest BCUT2D eigenvalue weighted by Crippen LogP contribution is 2.44. The number of hydrogen-bond acceptors (Lipinski definition) is 3. The first-order valence-corrected chi connectivity index (χ1v) is 7.36. The Bertz CT molecular complexity index is 643. The van der Waals surface area contributed by atoms with Crippen LogP contribution >= 0.6 is 23.2 Å². The van der Waals surface area contributed by atoms with E-state index in [1.807, 2.05) is 0 Å². The Morgan fingerprint density at radius 1 is 1.10 bits per heavy atom.